The third kappa shape index (κ3) is 8.18. The van der Waals surface area contributed by atoms with Crippen molar-refractivity contribution in [2.45, 2.75) is 39.9 Å². The fraction of sp³-hybridized carbons (Fsp3) is 0.550. The highest BCUT2D eigenvalue weighted by Gasteiger charge is 2.20. The highest BCUT2D eigenvalue weighted by molar-refractivity contribution is 5.81. The van der Waals surface area contributed by atoms with Gasteiger partial charge in [0.05, 0.1) is 33.0 Å². The van der Waals surface area contributed by atoms with Crippen LogP contribution in [0.4, 0.5) is 0 Å². The molecule has 0 spiro atoms. The smallest absolute Gasteiger partial charge is 0.330 e. The summed E-state index contributed by atoms with van der Waals surface area (Å²) < 4.78 is 15.7. The number of carbonyl (C=O) groups excluding carboxylic acids is 1. The molecule has 0 bridgehead atoms. The highest BCUT2D eigenvalue weighted by atomic mass is 16.5. The molecule has 140 valence electrons. The minimum atomic E-state index is -0.497. The summed E-state index contributed by atoms with van der Waals surface area (Å²) in [4.78, 5) is 11.2. The van der Waals surface area contributed by atoms with Gasteiger partial charge in [-0.3, -0.25) is 0 Å². The summed E-state index contributed by atoms with van der Waals surface area (Å²) in [6, 6.07) is 7.72. The maximum absolute atomic E-state index is 11.2. The summed E-state index contributed by atoms with van der Waals surface area (Å²) in [7, 11) is 1.64. The Bertz CT molecular complexity index is 523. The van der Waals surface area contributed by atoms with Gasteiger partial charge in [0.15, 0.2) is 0 Å². The number of allylic oxidation sites excluding steroid dienone is 1. The second kappa shape index (κ2) is 11.7. The molecule has 0 unspecified atom stereocenters. The molecule has 1 rings (SSSR count). The fourth-order valence-electron chi connectivity index (χ4n) is 2.45. The molecule has 0 fully saturated rings. The third-order valence-corrected chi connectivity index (χ3v) is 4.02. The van der Waals surface area contributed by atoms with Crippen molar-refractivity contribution in [3.8, 4) is 5.75 Å². The molecule has 0 amide bonds. The molecule has 0 aromatic heterocycles. The summed E-state index contributed by atoms with van der Waals surface area (Å²) in [5.41, 5.74) is 1.06. The van der Waals surface area contributed by atoms with E-state index in [0.29, 0.717) is 26.2 Å². The van der Waals surface area contributed by atoms with E-state index >= 15 is 0 Å². The van der Waals surface area contributed by atoms with E-state index in [1.165, 1.54) is 6.08 Å². The lowest BCUT2D eigenvalue weighted by atomic mass is 9.91. The zero-order valence-corrected chi connectivity index (χ0v) is 15.6. The van der Waals surface area contributed by atoms with Crippen LogP contribution in [0.1, 0.15) is 32.8 Å². The second-order valence-corrected chi connectivity index (χ2v) is 6.20. The second-order valence-electron chi connectivity index (χ2n) is 6.20. The minimum Gasteiger partial charge on any atom is -0.497 e. The molecule has 1 N–H and O–H groups in total. The van der Waals surface area contributed by atoms with Crippen molar-refractivity contribution < 1.29 is 24.1 Å². The first-order valence-electron chi connectivity index (χ1n) is 8.69. The number of esters is 1. The van der Waals surface area contributed by atoms with Gasteiger partial charge in [0, 0.05) is 12.0 Å². The Balaban J connectivity index is 2.32. The Kier molecular flexibility index (Phi) is 9.88. The van der Waals surface area contributed by atoms with Crippen molar-refractivity contribution in [1.82, 2.24) is 0 Å². The van der Waals surface area contributed by atoms with Crippen LogP contribution in [0.15, 0.2) is 36.4 Å². The van der Waals surface area contributed by atoms with E-state index in [-0.39, 0.29) is 17.8 Å². The van der Waals surface area contributed by atoms with Gasteiger partial charge in [-0.25, -0.2) is 4.79 Å². The predicted molar refractivity (Wildman–Crippen MR) is 97.4 cm³/mol. The molecule has 0 saturated heterocycles. The first kappa shape index (κ1) is 21.2. The normalized spacial score (nSPS) is 14.9. The van der Waals surface area contributed by atoms with Crippen LogP contribution >= 0.6 is 0 Å². The van der Waals surface area contributed by atoms with Gasteiger partial charge in [-0.15, -0.1) is 0 Å². The van der Waals surface area contributed by atoms with E-state index in [1.807, 2.05) is 38.1 Å². The van der Waals surface area contributed by atoms with Crippen LogP contribution < -0.4 is 4.74 Å². The van der Waals surface area contributed by atoms with Crippen molar-refractivity contribution in [2.24, 2.45) is 11.8 Å². The van der Waals surface area contributed by atoms with Crippen molar-refractivity contribution in [3.63, 3.8) is 0 Å². The van der Waals surface area contributed by atoms with Gasteiger partial charge in [0.1, 0.15) is 5.75 Å². The first-order valence-corrected chi connectivity index (χ1v) is 8.69. The first-order chi connectivity index (χ1) is 12.0. The number of aliphatic hydroxyl groups excluding tert-OH is 1. The average Bonchev–Trinajstić information content (AvgIpc) is 2.61. The number of benzene rings is 1. The van der Waals surface area contributed by atoms with Crippen LogP contribution in [0.3, 0.4) is 0 Å². The third-order valence-electron chi connectivity index (χ3n) is 4.02. The van der Waals surface area contributed by atoms with Crippen molar-refractivity contribution in [2.75, 3.05) is 20.3 Å². The van der Waals surface area contributed by atoms with Gasteiger partial charge >= 0.3 is 5.97 Å². The molecule has 0 radical (unpaired) electrons. The SMILES string of the molecule is CCOC(=O)/C=C/C[C@H](C)[C@H](O)[C@H](C)COCc1ccc(OC)cc1. The highest BCUT2D eigenvalue weighted by Crippen LogP contribution is 2.18. The van der Waals surface area contributed by atoms with Crippen molar-refractivity contribution in [1.29, 1.82) is 0 Å². The number of ether oxygens (including phenoxy) is 3. The molecule has 5 nitrogen and oxygen atoms in total. The van der Waals surface area contributed by atoms with Gasteiger partial charge < -0.3 is 19.3 Å². The zero-order chi connectivity index (χ0) is 18.7. The monoisotopic (exact) mass is 350 g/mol. The maximum Gasteiger partial charge on any atom is 0.330 e. The van der Waals surface area contributed by atoms with E-state index in [0.717, 1.165) is 11.3 Å². The van der Waals surface area contributed by atoms with Crippen LogP contribution in [0.2, 0.25) is 0 Å². The van der Waals surface area contributed by atoms with Gasteiger partial charge in [-0.2, -0.15) is 0 Å². The summed E-state index contributed by atoms with van der Waals surface area (Å²) >= 11 is 0. The predicted octanol–water partition coefficient (Wildman–Crippen LogP) is 3.35. The molecule has 0 aliphatic rings. The summed E-state index contributed by atoms with van der Waals surface area (Å²) in [6.45, 7) is 7.03. The molecule has 0 heterocycles. The lowest BCUT2D eigenvalue weighted by Crippen LogP contribution is -2.28. The van der Waals surface area contributed by atoms with Gasteiger partial charge in [0.2, 0.25) is 0 Å². The quantitative estimate of drug-likeness (QED) is 0.490. The van der Waals surface area contributed by atoms with Crippen LogP contribution in [0.25, 0.3) is 0 Å². The maximum atomic E-state index is 11.2. The lowest BCUT2D eigenvalue weighted by molar-refractivity contribution is -0.137. The lowest BCUT2D eigenvalue weighted by Gasteiger charge is -2.24. The number of hydrogen-bond donors (Lipinski definition) is 1. The molecule has 1 aromatic carbocycles. The molecule has 0 saturated carbocycles. The van der Waals surface area contributed by atoms with Gasteiger partial charge in [-0.1, -0.05) is 32.1 Å². The van der Waals surface area contributed by atoms with Crippen LogP contribution in [-0.4, -0.2) is 37.5 Å². The zero-order valence-electron chi connectivity index (χ0n) is 15.6. The molecule has 5 heteroatoms. The van der Waals surface area contributed by atoms with Gasteiger partial charge in [-0.05, 0) is 37.0 Å². The molecule has 0 aliphatic heterocycles. The van der Waals surface area contributed by atoms with Crippen LogP contribution in [0, 0.1) is 11.8 Å². The van der Waals surface area contributed by atoms with E-state index in [4.69, 9.17) is 14.2 Å². The van der Waals surface area contributed by atoms with Crippen LogP contribution in [-0.2, 0) is 20.9 Å². The minimum absolute atomic E-state index is 0.00393. The summed E-state index contributed by atoms with van der Waals surface area (Å²) in [6.07, 6.45) is 3.28. The Hall–Kier alpha value is -1.85. The van der Waals surface area contributed by atoms with E-state index in [9.17, 15) is 9.90 Å². The molecule has 25 heavy (non-hydrogen) atoms. The van der Waals surface area contributed by atoms with Crippen molar-refractivity contribution >= 4 is 5.97 Å². The van der Waals surface area contributed by atoms with E-state index in [2.05, 4.69) is 0 Å². The number of methoxy groups -OCH3 is 1. The molecular formula is C20H30O5. The van der Waals surface area contributed by atoms with Gasteiger partial charge in [0.25, 0.3) is 0 Å². The van der Waals surface area contributed by atoms with E-state index in [1.54, 1.807) is 20.1 Å². The largest absolute Gasteiger partial charge is 0.497 e. The fourth-order valence-corrected chi connectivity index (χ4v) is 2.45. The van der Waals surface area contributed by atoms with Crippen molar-refractivity contribution in [3.05, 3.63) is 42.0 Å². The summed E-state index contributed by atoms with van der Waals surface area (Å²) in [5.74, 6) is 0.506. The number of aliphatic hydroxyl groups is 1. The standard InChI is InChI=1S/C20H30O5/c1-5-25-19(21)8-6-7-15(2)20(22)16(3)13-24-14-17-9-11-18(23-4)12-10-17/h6,8-12,15-16,20,22H,5,7,13-14H2,1-4H3/b8-6+/t15-,16+,20-/m0/s1. The molecular weight excluding hydrogens is 320 g/mol. The number of hydrogen-bond acceptors (Lipinski definition) is 5. The average molecular weight is 350 g/mol. The Morgan fingerprint density at radius 1 is 1.20 bits per heavy atom. The Morgan fingerprint density at radius 3 is 2.48 bits per heavy atom. The summed E-state index contributed by atoms with van der Waals surface area (Å²) in [5, 5.41) is 10.4. The van der Waals surface area contributed by atoms with Crippen LogP contribution in [0.5, 0.6) is 5.75 Å². The molecule has 0 aliphatic carbocycles. The molecule has 1 aromatic rings. The van der Waals surface area contributed by atoms with E-state index < -0.39 is 6.10 Å². The Labute approximate surface area is 150 Å². The number of carbonyl (C=O) groups is 1. The topological polar surface area (TPSA) is 65.0 Å². The number of rotatable bonds is 11. The molecule has 3 atom stereocenters. The Morgan fingerprint density at radius 2 is 1.88 bits per heavy atom.